The summed E-state index contributed by atoms with van der Waals surface area (Å²) >= 11 is 0. The third-order valence-corrected chi connectivity index (χ3v) is 13.3. The van der Waals surface area contributed by atoms with Crippen LogP contribution < -0.4 is 5.19 Å². The molecule has 1 radical (unpaired) electrons. The van der Waals surface area contributed by atoms with Gasteiger partial charge in [-0.1, -0.05) is 148 Å². The summed E-state index contributed by atoms with van der Waals surface area (Å²) in [7, 11) is -1.28. The van der Waals surface area contributed by atoms with Gasteiger partial charge in [-0.25, -0.2) is 0 Å². The monoisotopic (exact) mass is 899 g/mol. The Bertz CT molecular complexity index is 2520. The van der Waals surface area contributed by atoms with Gasteiger partial charge in [0.05, 0.1) is 13.7 Å². The standard InChI is InChI=1S/C31H28NO.C18H18NSi.Ir/c1-31(2,23-11-6-7-12-23)24-17-18-32-28(20-24)27-14-8-13-26-25-16-15-22(19-29(25)33-30(26)27)21-9-4-3-5-10-21;1-20(2,3)15-11-12-18(19-13-15)17-10-6-8-14-7-4-5-9-16(14)17;/h3-5,8-10,13,15-20,23H,6-7,11-12H2,1-2H3;4-9,11-13H,1-3H3;/q2*-1;. The molecule has 0 unspecified atom stereocenters. The van der Waals surface area contributed by atoms with Crippen molar-refractivity contribution in [3.8, 4) is 33.6 Å². The number of benzene rings is 5. The van der Waals surface area contributed by atoms with E-state index in [9.17, 15) is 0 Å². The molecule has 0 saturated heterocycles. The average molecular weight is 899 g/mol. The Hall–Kier alpha value is -4.67. The van der Waals surface area contributed by atoms with Crippen LogP contribution in [-0.4, -0.2) is 18.0 Å². The maximum absolute atomic E-state index is 6.45. The second-order valence-corrected chi connectivity index (χ2v) is 21.1. The molecule has 5 aromatic carbocycles. The van der Waals surface area contributed by atoms with E-state index in [1.165, 1.54) is 52.8 Å². The fourth-order valence-electron chi connectivity index (χ4n) is 7.95. The summed E-state index contributed by atoms with van der Waals surface area (Å²) in [4.78, 5) is 9.41. The van der Waals surface area contributed by atoms with Crippen LogP contribution in [0.15, 0.2) is 138 Å². The van der Waals surface area contributed by atoms with Gasteiger partial charge in [0.15, 0.2) is 0 Å². The minimum absolute atomic E-state index is 0. The van der Waals surface area contributed by atoms with E-state index in [0.717, 1.165) is 55.9 Å². The molecule has 0 N–H and O–H groups in total. The van der Waals surface area contributed by atoms with Crippen LogP contribution in [0.5, 0.6) is 0 Å². The Morgan fingerprint density at radius 1 is 0.667 bits per heavy atom. The summed E-state index contributed by atoms with van der Waals surface area (Å²) in [5, 5.41) is 6.07. The smallest absolute Gasteiger partial charge is 0.121 e. The maximum Gasteiger partial charge on any atom is 0.121 e. The number of pyridine rings is 2. The van der Waals surface area contributed by atoms with Crippen molar-refractivity contribution >= 4 is 46.0 Å². The summed E-state index contributed by atoms with van der Waals surface area (Å²) in [6.07, 6.45) is 9.33. The predicted molar refractivity (Wildman–Crippen MR) is 225 cm³/mol. The van der Waals surface area contributed by atoms with E-state index in [2.05, 4.69) is 154 Å². The molecule has 0 aliphatic heterocycles. The topological polar surface area (TPSA) is 38.9 Å². The molecule has 1 fully saturated rings. The Labute approximate surface area is 334 Å². The van der Waals surface area contributed by atoms with Crippen LogP contribution in [0.25, 0.3) is 66.4 Å². The predicted octanol–water partition coefficient (Wildman–Crippen LogP) is 12.8. The van der Waals surface area contributed by atoms with E-state index in [4.69, 9.17) is 9.40 Å². The number of hydrogen-bond donors (Lipinski definition) is 0. The van der Waals surface area contributed by atoms with Crippen LogP contribution in [0.4, 0.5) is 0 Å². The molecule has 3 aromatic heterocycles. The van der Waals surface area contributed by atoms with Crippen molar-refractivity contribution in [1.29, 1.82) is 0 Å². The minimum atomic E-state index is -1.28. The van der Waals surface area contributed by atoms with Gasteiger partial charge in [-0.3, -0.25) is 0 Å². The fourth-order valence-corrected chi connectivity index (χ4v) is 8.99. The Morgan fingerprint density at radius 2 is 1.41 bits per heavy atom. The summed E-state index contributed by atoms with van der Waals surface area (Å²) in [5.41, 5.74) is 9.57. The molecule has 54 heavy (non-hydrogen) atoms. The number of nitrogens with zero attached hydrogens (tertiary/aromatic N) is 2. The first-order valence-electron chi connectivity index (χ1n) is 18.9. The maximum atomic E-state index is 6.45. The average Bonchev–Trinajstić information content (AvgIpc) is 3.87. The van der Waals surface area contributed by atoms with Crippen molar-refractivity contribution < 1.29 is 24.5 Å². The van der Waals surface area contributed by atoms with E-state index in [1.54, 1.807) is 0 Å². The summed E-state index contributed by atoms with van der Waals surface area (Å²) < 4.78 is 6.45. The third-order valence-electron chi connectivity index (χ3n) is 11.3. The van der Waals surface area contributed by atoms with Gasteiger partial charge >= 0.3 is 0 Å². The third kappa shape index (κ3) is 7.51. The summed E-state index contributed by atoms with van der Waals surface area (Å²) in [6, 6.07) is 49.0. The molecule has 9 rings (SSSR count). The van der Waals surface area contributed by atoms with Crippen LogP contribution in [0.3, 0.4) is 0 Å². The molecule has 0 spiro atoms. The Balaban J connectivity index is 0.000000184. The zero-order chi connectivity index (χ0) is 36.6. The van der Waals surface area contributed by atoms with Crippen LogP contribution in [0.2, 0.25) is 19.6 Å². The van der Waals surface area contributed by atoms with Crippen LogP contribution in [-0.2, 0) is 25.5 Å². The molecule has 5 heteroatoms. The molecule has 3 heterocycles. The van der Waals surface area contributed by atoms with Gasteiger partial charge in [0.25, 0.3) is 0 Å². The number of furan rings is 1. The number of rotatable bonds is 6. The molecule has 1 aliphatic rings. The van der Waals surface area contributed by atoms with Gasteiger partial charge in [-0.15, -0.1) is 47.3 Å². The van der Waals surface area contributed by atoms with Crippen LogP contribution in [0.1, 0.15) is 45.1 Å². The van der Waals surface area contributed by atoms with Crippen molar-refractivity contribution in [2.24, 2.45) is 5.92 Å². The zero-order valence-electron chi connectivity index (χ0n) is 31.7. The van der Waals surface area contributed by atoms with Gasteiger partial charge in [0.1, 0.15) is 5.58 Å². The van der Waals surface area contributed by atoms with Crippen LogP contribution >= 0.6 is 0 Å². The molecular weight excluding hydrogens is 853 g/mol. The van der Waals surface area contributed by atoms with Crippen molar-refractivity contribution in [2.75, 3.05) is 0 Å². The number of aromatic nitrogens is 2. The zero-order valence-corrected chi connectivity index (χ0v) is 35.1. The first-order chi connectivity index (χ1) is 25.7. The second kappa shape index (κ2) is 15.6. The molecule has 1 saturated carbocycles. The van der Waals surface area contributed by atoms with E-state index >= 15 is 0 Å². The van der Waals surface area contributed by atoms with Gasteiger partial charge in [0.2, 0.25) is 0 Å². The van der Waals surface area contributed by atoms with Gasteiger partial charge < -0.3 is 14.4 Å². The summed E-state index contributed by atoms with van der Waals surface area (Å²) in [6.45, 7) is 11.8. The molecular formula is C49H46IrN2OSi-2. The minimum Gasteiger partial charge on any atom is -0.501 e. The van der Waals surface area contributed by atoms with Crippen molar-refractivity contribution in [2.45, 2.75) is 64.6 Å². The Kier molecular flexibility index (Phi) is 10.9. The first kappa shape index (κ1) is 37.6. The molecule has 1 aliphatic carbocycles. The molecule has 0 atom stereocenters. The van der Waals surface area contributed by atoms with E-state index in [0.29, 0.717) is 0 Å². The molecule has 0 amide bonds. The second-order valence-electron chi connectivity index (χ2n) is 16.0. The largest absolute Gasteiger partial charge is 0.501 e. The molecule has 0 bridgehead atoms. The van der Waals surface area contributed by atoms with Crippen LogP contribution in [0, 0.1) is 18.1 Å². The normalized spacial score (nSPS) is 13.5. The van der Waals surface area contributed by atoms with Crippen molar-refractivity contribution in [3.63, 3.8) is 0 Å². The number of hydrogen-bond acceptors (Lipinski definition) is 3. The SMILES string of the molecule is CC(C)(c1ccnc(-c2[c-]ccc3c2oc2cc(-c4ccccc4)ccc23)c1)C1CCCC1.C[Si](C)(C)c1ccc(-c2[c-]ccc3ccccc23)nc1.[Ir]. The fraction of sp³-hybridized carbons (Fsp3) is 0.224. The quantitative estimate of drug-likeness (QED) is 0.123. The Morgan fingerprint density at radius 3 is 2.17 bits per heavy atom. The van der Waals surface area contributed by atoms with E-state index in [-0.39, 0.29) is 25.5 Å². The molecule has 3 nitrogen and oxygen atoms in total. The first-order valence-corrected chi connectivity index (χ1v) is 22.4. The number of fused-ring (bicyclic) bond motifs is 4. The van der Waals surface area contributed by atoms with E-state index in [1.807, 2.05) is 30.6 Å². The van der Waals surface area contributed by atoms with Crippen molar-refractivity contribution in [3.05, 3.63) is 151 Å². The van der Waals surface area contributed by atoms with E-state index < -0.39 is 8.07 Å². The van der Waals surface area contributed by atoms with Crippen molar-refractivity contribution in [1.82, 2.24) is 9.97 Å². The molecule has 8 aromatic rings. The van der Waals surface area contributed by atoms with Gasteiger partial charge in [-0.05, 0) is 69.6 Å². The molecule has 273 valence electrons. The van der Waals surface area contributed by atoms with Gasteiger partial charge in [-0.2, -0.15) is 0 Å². The summed E-state index contributed by atoms with van der Waals surface area (Å²) in [5.74, 6) is 0.732. The van der Waals surface area contributed by atoms with Gasteiger partial charge in [0, 0.05) is 37.9 Å².